The van der Waals surface area contributed by atoms with E-state index >= 15 is 0 Å². The van der Waals surface area contributed by atoms with E-state index in [4.69, 9.17) is 14.2 Å². The molecule has 1 unspecified atom stereocenters. The van der Waals surface area contributed by atoms with Gasteiger partial charge in [0.25, 0.3) is 0 Å². The minimum absolute atomic E-state index is 0.118. The van der Waals surface area contributed by atoms with Crippen LogP contribution in [0.25, 0.3) is 0 Å². The van der Waals surface area contributed by atoms with Crippen LogP contribution in [0.15, 0.2) is 134 Å². The van der Waals surface area contributed by atoms with Crippen molar-refractivity contribution >= 4 is 17.9 Å². The molecule has 382 valence electrons. The van der Waals surface area contributed by atoms with Gasteiger partial charge in [0, 0.05) is 19.3 Å². The monoisotopic (exact) mass is 939 g/mol. The Labute approximate surface area is 417 Å². The van der Waals surface area contributed by atoms with Gasteiger partial charge in [0.15, 0.2) is 6.10 Å². The Balaban J connectivity index is 4.57. The molecule has 6 nitrogen and oxygen atoms in total. The summed E-state index contributed by atoms with van der Waals surface area (Å²) in [5, 5.41) is 0. The lowest BCUT2D eigenvalue weighted by Crippen LogP contribution is -2.30. The first-order valence-electron chi connectivity index (χ1n) is 27.2. The van der Waals surface area contributed by atoms with Gasteiger partial charge >= 0.3 is 17.9 Å². The highest BCUT2D eigenvalue weighted by Crippen LogP contribution is 2.14. The molecule has 0 bridgehead atoms. The van der Waals surface area contributed by atoms with Gasteiger partial charge in [-0.3, -0.25) is 14.4 Å². The molecule has 0 amide bonds. The Morgan fingerprint density at radius 2 is 0.603 bits per heavy atom. The van der Waals surface area contributed by atoms with E-state index in [9.17, 15) is 14.4 Å². The molecular formula is C62H98O6. The smallest absolute Gasteiger partial charge is 0.306 e. The average Bonchev–Trinajstić information content (AvgIpc) is 3.34. The van der Waals surface area contributed by atoms with Crippen LogP contribution in [0, 0.1) is 0 Å². The fraction of sp³-hybridized carbons (Fsp3) is 0.597. The highest BCUT2D eigenvalue weighted by atomic mass is 16.6. The minimum atomic E-state index is -0.829. The molecule has 0 rings (SSSR count). The van der Waals surface area contributed by atoms with E-state index in [0.29, 0.717) is 19.3 Å². The molecule has 0 aromatic rings. The third kappa shape index (κ3) is 52.5. The van der Waals surface area contributed by atoms with Gasteiger partial charge in [-0.2, -0.15) is 0 Å². The lowest BCUT2D eigenvalue weighted by Gasteiger charge is -2.18. The largest absolute Gasteiger partial charge is 0.462 e. The van der Waals surface area contributed by atoms with Gasteiger partial charge in [-0.15, -0.1) is 0 Å². The SMILES string of the molecule is CC/C=C\C/C=C\C/C=C\C/C=C\C/C=C\C/C=C\CCC(=O)OCC(COC(=O)CCCCCCCCCCCCCC)OC(=O)CCCCC/C=C\C/C=C\C/C=C\C/C=C\C/C=C\CC. The van der Waals surface area contributed by atoms with Gasteiger partial charge in [-0.1, -0.05) is 231 Å². The van der Waals surface area contributed by atoms with Crippen LogP contribution in [0.4, 0.5) is 0 Å². The molecule has 0 N–H and O–H groups in total. The first-order valence-corrected chi connectivity index (χ1v) is 27.2. The average molecular weight is 939 g/mol. The van der Waals surface area contributed by atoms with Crippen molar-refractivity contribution in [3.8, 4) is 0 Å². The summed E-state index contributed by atoms with van der Waals surface area (Å²) in [7, 11) is 0. The molecular weight excluding hydrogens is 841 g/mol. The number of hydrogen-bond acceptors (Lipinski definition) is 6. The Morgan fingerprint density at radius 3 is 0.985 bits per heavy atom. The van der Waals surface area contributed by atoms with Crippen LogP contribution in [0.1, 0.15) is 220 Å². The number of carbonyl (C=O) groups excluding carboxylic acids is 3. The summed E-state index contributed by atoms with van der Waals surface area (Å²) in [5.41, 5.74) is 0. The number of rotatable bonds is 47. The third-order valence-corrected chi connectivity index (χ3v) is 10.9. The quantitative estimate of drug-likeness (QED) is 0.0262. The van der Waals surface area contributed by atoms with Crippen molar-refractivity contribution in [2.24, 2.45) is 0 Å². The molecule has 0 aliphatic rings. The molecule has 0 aromatic carbocycles. The summed E-state index contributed by atoms with van der Waals surface area (Å²) in [6.45, 7) is 6.30. The second kappa shape index (κ2) is 55.1. The first kappa shape index (κ1) is 63.5. The highest BCUT2D eigenvalue weighted by Gasteiger charge is 2.19. The van der Waals surface area contributed by atoms with Gasteiger partial charge < -0.3 is 14.2 Å². The zero-order valence-corrected chi connectivity index (χ0v) is 43.6. The topological polar surface area (TPSA) is 78.9 Å². The van der Waals surface area contributed by atoms with Crippen LogP contribution in [-0.4, -0.2) is 37.2 Å². The number of unbranched alkanes of at least 4 members (excludes halogenated alkanes) is 14. The Hall–Kier alpha value is -4.45. The van der Waals surface area contributed by atoms with E-state index in [-0.39, 0.29) is 44.0 Å². The summed E-state index contributed by atoms with van der Waals surface area (Å²) < 4.78 is 16.7. The first-order chi connectivity index (χ1) is 33.5. The maximum Gasteiger partial charge on any atom is 0.306 e. The third-order valence-electron chi connectivity index (χ3n) is 10.9. The van der Waals surface area contributed by atoms with Gasteiger partial charge in [0.05, 0.1) is 0 Å². The second-order valence-corrected chi connectivity index (χ2v) is 17.4. The van der Waals surface area contributed by atoms with Crippen LogP contribution in [0.2, 0.25) is 0 Å². The summed E-state index contributed by atoms with van der Waals surface area (Å²) in [4.78, 5) is 38.0. The van der Waals surface area contributed by atoms with E-state index in [2.05, 4.69) is 142 Å². The summed E-state index contributed by atoms with van der Waals surface area (Å²) >= 11 is 0. The molecule has 1 atom stereocenters. The summed E-state index contributed by atoms with van der Waals surface area (Å²) in [5.74, 6) is -1.04. The van der Waals surface area contributed by atoms with Gasteiger partial charge in [0.1, 0.15) is 13.2 Å². The van der Waals surface area contributed by atoms with E-state index in [1.807, 2.05) is 12.2 Å². The Morgan fingerprint density at radius 1 is 0.309 bits per heavy atom. The summed E-state index contributed by atoms with van der Waals surface area (Å²) in [6.07, 6.45) is 77.3. The maximum atomic E-state index is 12.8. The molecule has 0 radical (unpaired) electrons. The number of hydrogen-bond donors (Lipinski definition) is 0. The van der Waals surface area contributed by atoms with Crippen LogP contribution >= 0.6 is 0 Å². The molecule has 68 heavy (non-hydrogen) atoms. The van der Waals surface area contributed by atoms with Crippen LogP contribution in [0.5, 0.6) is 0 Å². The van der Waals surface area contributed by atoms with Crippen LogP contribution in [-0.2, 0) is 28.6 Å². The molecule has 0 aromatic heterocycles. The number of ether oxygens (including phenoxy) is 3. The zero-order chi connectivity index (χ0) is 49.3. The fourth-order valence-corrected chi connectivity index (χ4v) is 6.91. The van der Waals surface area contributed by atoms with Crippen molar-refractivity contribution in [3.05, 3.63) is 134 Å². The Kier molecular flexibility index (Phi) is 51.5. The molecule has 0 aliphatic heterocycles. The van der Waals surface area contributed by atoms with Crippen molar-refractivity contribution < 1.29 is 28.6 Å². The van der Waals surface area contributed by atoms with Crippen molar-refractivity contribution in [2.75, 3.05) is 13.2 Å². The van der Waals surface area contributed by atoms with Gasteiger partial charge in [-0.05, 0) is 103 Å². The number of esters is 3. The van der Waals surface area contributed by atoms with Crippen molar-refractivity contribution in [1.82, 2.24) is 0 Å². The van der Waals surface area contributed by atoms with E-state index in [0.717, 1.165) is 109 Å². The predicted octanol–water partition coefficient (Wildman–Crippen LogP) is 18.3. The molecule has 0 saturated carbocycles. The maximum absolute atomic E-state index is 12.8. The summed E-state index contributed by atoms with van der Waals surface area (Å²) in [6, 6.07) is 0. The van der Waals surface area contributed by atoms with E-state index in [1.165, 1.54) is 57.8 Å². The van der Waals surface area contributed by atoms with E-state index < -0.39 is 6.10 Å². The van der Waals surface area contributed by atoms with Crippen molar-refractivity contribution in [1.29, 1.82) is 0 Å². The molecule has 0 spiro atoms. The normalized spacial score (nSPS) is 13.2. The molecule has 6 heteroatoms. The standard InChI is InChI=1S/C62H98O6/c1-4-7-10-13-16-19-22-25-27-29-31-33-35-37-40-43-46-49-52-55-61(64)67-58-59(57-66-60(63)54-51-48-45-42-39-24-21-18-15-12-9-6-3)68-62(65)56-53-50-47-44-41-38-36-34-32-30-28-26-23-20-17-14-11-8-5-2/h7-8,10-11,16-17,19-20,25-28,31-34,37-38,40-41,46,49,59H,4-6,9,12-15,18,21-24,29-30,35-36,39,42-45,47-48,50-58H2,1-3H3/b10-7-,11-8-,19-16-,20-17-,27-25-,28-26-,33-31-,34-32-,40-37-,41-38-,49-46-. The lowest BCUT2D eigenvalue weighted by atomic mass is 10.0. The molecule has 0 fully saturated rings. The molecule has 0 aliphatic carbocycles. The second-order valence-electron chi connectivity index (χ2n) is 17.4. The van der Waals surface area contributed by atoms with Crippen LogP contribution in [0.3, 0.4) is 0 Å². The fourth-order valence-electron chi connectivity index (χ4n) is 6.91. The zero-order valence-electron chi connectivity index (χ0n) is 43.6. The number of carbonyl (C=O) groups is 3. The minimum Gasteiger partial charge on any atom is -0.462 e. The molecule has 0 heterocycles. The lowest BCUT2D eigenvalue weighted by molar-refractivity contribution is -0.166. The molecule has 0 saturated heterocycles. The predicted molar refractivity (Wildman–Crippen MR) is 292 cm³/mol. The van der Waals surface area contributed by atoms with Gasteiger partial charge in [-0.25, -0.2) is 0 Å². The van der Waals surface area contributed by atoms with Crippen LogP contribution < -0.4 is 0 Å². The Bertz CT molecular complexity index is 1500. The number of allylic oxidation sites excluding steroid dienone is 22. The van der Waals surface area contributed by atoms with E-state index in [1.54, 1.807) is 0 Å². The van der Waals surface area contributed by atoms with Gasteiger partial charge in [0.2, 0.25) is 0 Å². The highest BCUT2D eigenvalue weighted by molar-refractivity contribution is 5.71. The van der Waals surface area contributed by atoms with Crippen molar-refractivity contribution in [3.63, 3.8) is 0 Å². The van der Waals surface area contributed by atoms with Crippen molar-refractivity contribution in [2.45, 2.75) is 226 Å².